The van der Waals surface area contributed by atoms with Gasteiger partial charge in [-0.1, -0.05) is 47.0 Å². The van der Waals surface area contributed by atoms with Crippen molar-refractivity contribution in [2.24, 2.45) is 0 Å². The molecule has 0 amide bonds. The highest BCUT2D eigenvalue weighted by molar-refractivity contribution is 7.06. The summed E-state index contributed by atoms with van der Waals surface area (Å²) in [5, 5.41) is 4.26. The van der Waals surface area contributed by atoms with Crippen molar-refractivity contribution in [3.63, 3.8) is 0 Å². The Labute approximate surface area is 114 Å². The first-order valence-electron chi connectivity index (χ1n) is 6.07. The Hall–Kier alpha value is -2.20. The lowest BCUT2D eigenvalue weighted by Gasteiger charge is -2.24. The second kappa shape index (κ2) is 4.17. The van der Waals surface area contributed by atoms with E-state index < -0.39 is 0 Å². The van der Waals surface area contributed by atoms with Gasteiger partial charge in [0.1, 0.15) is 11.4 Å². The average Bonchev–Trinajstić information content (AvgIpc) is 2.97. The van der Waals surface area contributed by atoms with Gasteiger partial charge in [0, 0.05) is 5.56 Å². The standard InChI is InChI=1S/C15H10N2OS/c1-2-6-10(7-3-1)14-15-13(16-17-19-15)11-8-4-5-9-12(11)18-14/h1-9,14H. The molecule has 0 fully saturated rings. The van der Waals surface area contributed by atoms with E-state index >= 15 is 0 Å². The zero-order valence-electron chi connectivity index (χ0n) is 9.98. The van der Waals surface area contributed by atoms with Gasteiger partial charge in [-0.3, -0.25) is 0 Å². The molecule has 3 nitrogen and oxygen atoms in total. The number of benzene rings is 2. The SMILES string of the molecule is c1ccc(C2Oc3ccccc3-c3nnsc32)cc1. The first-order chi connectivity index (χ1) is 9.43. The van der Waals surface area contributed by atoms with Crippen LogP contribution < -0.4 is 4.74 Å². The predicted octanol–water partition coefficient (Wildman–Crippen LogP) is 3.69. The van der Waals surface area contributed by atoms with Crippen LogP contribution in [0.15, 0.2) is 54.6 Å². The molecule has 0 bridgehead atoms. The summed E-state index contributed by atoms with van der Waals surface area (Å²) in [4.78, 5) is 1.07. The summed E-state index contributed by atoms with van der Waals surface area (Å²) in [5.41, 5.74) is 3.10. The van der Waals surface area contributed by atoms with Gasteiger partial charge < -0.3 is 4.74 Å². The lowest BCUT2D eigenvalue weighted by atomic mass is 10.00. The van der Waals surface area contributed by atoms with Crippen LogP contribution in [0, 0.1) is 0 Å². The molecule has 0 N–H and O–H groups in total. The number of rotatable bonds is 1. The molecule has 1 aliphatic rings. The van der Waals surface area contributed by atoms with Crippen molar-refractivity contribution in [2.45, 2.75) is 6.10 Å². The molecule has 0 spiro atoms. The Kier molecular flexibility index (Phi) is 2.35. The van der Waals surface area contributed by atoms with E-state index in [9.17, 15) is 0 Å². The number of fused-ring (bicyclic) bond motifs is 3. The number of hydrogen-bond donors (Lipinski definition) is 0. The van der Waals surface area contributed by atoms with Crippen molar-refractivity contribution < 1.29 is 4.74 Å². The van der Waals surface area contributed by atoms with Gasteiger partial charge in [-0.15, -0.1) is 5.10 Å². The summed E-state index contributed by atoms with van der Waals surface area (Å²) in [6, 6.07) is 18.2. The van der Waals surface area contributed by atoms with E-state index in [1.165, 1.54) is 11.5 Å². The number of ether oxygens (including phenoxy) is 1. The average molecular weight is 266 g/mol. The highest BCUT2D eigenvalue weighted by Crippen LogP contribution is 2.44. The van der Waals surface area contributed by atoms with Crippen LogP contribution in [0.5, 0.6) is 5.75 Å². The second-order valence-electron chi connectivity index (χ2n) is 4.39. The van der Waals surface area contributed by atoms with Crippen LogP contribution >= 0.6 is 11.5 Å². The molecule has 1 unspecified atom stereocenters. The highest BCUT2D eigenvalue weighted by atomic mass is 32.1. The molecule has 2 aromatic carbocycles. The van der Waals surface area contributed by atoms with Crippen LogP contribution in [0.4, 0.5) is 0 Å². The number of aromatic nitrogens is 2. The second-order valence-corrected chi connectivity index (χ2v) is 5.18. The van der Waals surface area contributed by atoms with Crippen molar-refractivity contribution in [1.29, 1.82) is 0 Å². The van der Waals surface area contributed by atoms with Gasteiger partial charge in [0.2, 0.25) is 0 Å². The van der Waals surface area contributed by atoms with Gasteiger partial charge in [-0.2, -0.15) is 0 Å². The van der Waals surface area contributed by atoms with Gasteiger partial charge in [-0.25, -0.2) is 0 Å². The molecule has 2 heterocycles. The van der Waals surface area contributed by atoms with E-state index in [1.54, 1.807) is 0 Å². The minimum Gasteiger partial charge on any atom is -0.479 e. The lowest BCUT2D eigenvalue weighted by Crippen LogP contribution is -2.13. The van der Waals surface area contributed by atoms with Crippen LogP contribution in [-0.2, 0) is 0 Å². The maximum Gasteiger partial charge on any atom is 0.162 e. The van der Waals surface area contributed by atoms with Gasteiger partial charge in [0.05, 0.1) is 4.88 Å². The zero-order valence-corrected chi connectivity index (χ0v) is 10.8. The molecule has 1 atom stereocenters. The van der Waals surface area contributed by atoms with Crippen LogP contribution in [0.3, 0.4) is 0 Å². The van der Waals surface area contributed by atoms with Crippen molar-refractivity contribution >= 4 is 11.5 Å². The Morgan fingerprint density at radius 1 is 0.947 bits per heavy atom. The van der Waals surface area contributed by atoms with Gasteiger partial charge in [-0.05, 0) is 29.2 Å². The van der Waals surface area contributed by atoms with Gasteiger partial charge in [0.15, 0.2) is 6.10 Å². The third kappa shape index (κ3) is 1.64. The van der Waals surface area contributed by atoms with E-state index in [4.69, 9.17) is 4.74 Å². The summed E-state index contributed by atoms with van der Waals surface area (Å²) >= 11 is 1.41. The minimum atomic E-state index is -0.105. The quantitative estimate of drug-likeness (QED) is 0.674. The Balaban J connectivity index is 1.91. The topological polar surface area (TPSA) is 35.0 Å². The molecule has 4 heteroatoms. The molecule has 0 saturated carbocycles. The summed E-state index contributed by atoms with van der Waals surface area (Å²) in [6.07, 6.45) is -0.105. The fourth-order valence-electron chi connectivity index (χ4n) is 2.35. The van der Waals surface area contributed by atoms with E-state index in [0.29, 0.717) is 0 Å². The molecule has 0 radical (unpaired) electrons. The maximum absolute atomic E-state index is 6.13. The highest BCUT2D eigenvalue weighted by Gasteiger charge is 2.30. The minimum absolute atomic E-state index is 0.105. The molecule has 92 valence electrons. The molecule has 1 aliphatic heterocycles. The third-order valence-electron chi connectivity index (χ3n) is 3.24. The Morgan fingerprint density at radius 3 is 2.63 bits per heavy atom. The van der Waals surface area contributed by atoms with E-state index in [1.807, 2.05) is 42.5 Å². The molecule has 1 aromatic heterocycles. The third-order valence-corrected chi connectivity index (χ3v) is 4.01. The molecule has 19 heavy (non-hydrogen) atoms. The fourth-order valence-corrected chi connectivity index (χ4v) is 3.08. The summed E-state index contributed by atoms with van der Waals surface area (Å²) in [7, 11) is 0. The lowest BCUT2D eigenvalue weighted by molar-refractivity contribution is 0.247. The molecule has 3 aromatic rings. The molecule has 0 saturated heterocycles. The number of nitrogens with zero attached hydrogens (tertiary/aromatic N) is 2. The van der Waals surface area contributed by atoms with Gasteiger partial charge >= 0.3 is 0 Å². The van der Waals surface area contributed by atoms with Crippen LogP contribution in [0.2, 0.25) is 0 Å². The Morgan fingerprint density at radius 2 is 1.74 bits per heavy atom. The van der Waals surface area contributed by atoms with Crippen LogP contribution in [0.25, 0.3) is 11.3 Å². The van der Waals surface area contributed by atoms with Crippen LogP contribution in [0.1, 0.15) is 16.5 Å². The summed E-state index contributed by atoms with van der Waals surface area (Å²) in [5.74, 6) is 0.872. The van der Waals surface area contributed by atoms with E-state index in [0.717, 1.165) is 27.4 Å². The molecular weight excluding hydrogens is 256 g/mol. The predicted molar refractivity (Wildman–Crippen MR) is 74.3 cm³/mol. The zero-order chi connectivity index (χ0) is 12.7. The smallest absolute Gasteiger partial charge is 0.162 e. The monoisotopic (exact) mass is 266 g/mol. The van der Waals surface area contributed by atoms with Crippen molar-refractivity contribution in [2.75, 3.05) is 0 Å². The van der Waals surface area contributed by atoms with E-state index in [2.05, 4.69) is 21.7 Å². The Bertz CT molecular complexity index is 724. The molecule has 4 rings (SSSR count). The summed E-state index contributed by atoms with van der Waals surface area (Å²) in [6.45, 7) is 0. The maximum atomic E-state index is 6.13. The van der Waals surface area contributed by atoms with Crippen molar-refractivity contribution in [1.82, 2.24) is 9.59 Å². The summed E-state index contributed by atoms with van der Waals surface area (Å²) < 4.78 is 10.2. The first kappa shape index (κ1) is 10.7. The molecular formula is C15H10N2OS. The number of hydrogen-bond acceptors (Lipinski definition) is 4. The largest absolute Gasteiger partial charge is 0.479 e. The fraction of sp³-hybridized carbons (Fsp3) is 0.0667. The molecule has 0 aliphatic carbocycles. The van der Waals surface area contributed by atoms with Gasteiger partial charge in [0.25, 0.3) is 0 Å². The van der Waals surface area contributed by atoms with Crippen molar-refractivity contribution in [3.8, 4) is 17.0 Å². The normalized spacial score (nSPS) is 16.3. The first-order valence-corrected chi connectivity index (χ1v) is 6.84. The van der Waals surface area contributed by atoms with Crippen LogP contribution in [-0.4, -0.2) is 9.59 Å². The number of para-hydroxylation sites is 1. The van der Waals surface area contributed by atoms with E-state index in [-0.39, 0.29) is 6.10 Å². The van der Waals surface area contributed by atoms with Crippen molar-refractivity contribution in [3.05, 3.63) is 65.0 Å².